The van der Waals surface area contributed by atoms with Crippen LogP contribution >= 0.6 is 23.2 Å². The summed E-state index contributed by atoms with van der Waals surface area (Å²) in [6.07, 6.45) is 1.46. The fourth-order valence-electron chi connectivity index (χ4n) is 2.96. The molecule has 1 atom stereocenters. The van der Waals surface area contributed by atoms with Crippen LogP contribution in [0.4, 0.5) is 0 Å². The van der Waals surface area contributed by atoms with Gasteiger partial charge in [0.2, 0.25) is 0 Å². The molecule has 1 fully saturated rings. The molecule has 1 aromatic carbocycles. The highest BCUT2D eigenvalue weighted by molar-refractivity contribution is 6.46. The summed E-state index contributed by atoms with van der Waals surface area (Å²) in [7, 11) is 3.74. The van der Waals surface area contributed by atoms with E-state index >= 15 is 0 Å². The zero-order valence-corrected chi connectivity index (χ0v) is 16.3. The van der Waals surface area contributed by atoms with E-state index in [1.54, 1.807) is 12.1 Å². The number of likely N-dealkylation sites (tertiary alicyclic amines) is 1. The van der Waals surface area contributed by atoms with E-state index in [1.165, 1.54) is 29.4 Å². The monoisotopic (exact) mass is 408 g/mol. The minimum absolute atomic E-state index is 0.0351. The van der Waals surface area contributed by atoms with Crippen LogP contribution in [0.5, 0.6) is 0 Å². The molecule has 1 aliphatic heterocycles. The molecule has 8 heteroatoms. The van der Waals surface area contributed by atoms with Crippen molar-refractivity contribution in [1.29, 1.82) is 0 Å². The predicted molar refractivity (Wildman–Crippen MR) is 103 cm³/mol. The predicted octanol–water partition coefficient (Wildman–Crippen LogP) is 3.57. The standard InChI is InChI=1S/C19H18Cl2N2O4/c1-22(2)7-8-23-16(14-4-3-9-27-14)15(18(25)19(23)26)17(24)11-5-6-12(20)13(21)10-11/h3-6,9-10,16,24H,7-8H2,1-2H3/b17-15-. The number of Topliss-reactive ketones (excluding diaryl/α,β-unsaturated/α-hetero) is 1. The number of hydrogen-bond donors (Lipinski definition) is 1. The molecular weight excluding hydrogens is 391 g/mol. The van der Waals surface area contributed by atoms with E-state index in [4.69, 9.17) is 27.6 Å². The largest absolute Gasteiger partial charge is 0.507 e. The van der Waals surface area contributed by atoms with E-state index in [0.29, 0.717) is 29.4 Å². The van der Waals surface area contributed by atoms with Crippen molar-refractivity contribution < 1.29 is 19.1 Å². The average molecular weight is 409 g/mol. The first-order valence-corrected chi connectivity index (χ1v) is 8.98. The van der Waals surface area contributed by atoms with Gasteiger partial charge in [-0.3, -0.25) is 9.59 Å². The van der Waals surface area contributed by atoms with Gasteiger partial charge in [0, 0.05) is 18.7 Å². The van der Waals surface area contributed by atoms with Gasteiger partial charge in [0.05, 0.1) is 21.9 Å². The summed E-state index contributed by atoms with van der Waals surface area (Å²) in [5, 5.41) is 11.4. The van der Waals surface area contributed by atoms with Crippen LogP contribution < -0.4 is 0 Å². The minimum Gasteiger partial charge on any atom is -0.507 e. The molecule has 0 radical (unpaired) electrons. The molecule has 6 nitrogen and oxygen atoms in total. The number of amides is 1. The van der Waals surface area contributed by atoms with Crippen LogP contribution in [0.2, 0.25) is 10.0 Å². The Morgan fingerprint density at radius 3 is 2.56 bits per heavy atom. The molecule has 1 aliphatic rings. The smallest absolute Gasteiger partial charge is 0.295 e. The molecule has 1 aromatic heterocycles. The number of carbonyl (C=O) groups excluding carboxylic acids is 2. The molecule has 27 heavy (non-hydrogen) atoms. The molecular formula is C19H18Cl2N2O4. The Bertz CT molecular complexity index is 906. The van der Waals surface area contributed by atoms with Gasteiger partial charge in [-0.15, -0.1) is 0 Å². The first kappa shape index (κ1) is 19.5. The number of aliphatic hydroxyl groups excluding tert-OH is 1. The van der Waals surface area contributed by atoms with Gasteiger partial charge in [-0.1, -0.05) is 23.2 Å². The molecule has 2 heterocycles. The van der Waals surface area contributed by atoms with E-state index in [1.807, 2.05) is 19.0 Å². The molecule has 1 unspecified atom stereocenters. The van der Waals surface area contributed by atoms with Gasteiger partial charge in [-0.25, -0.2) is 0 Å². The summed E-state index contributed by atoms with van der Waals surface area (Å²) < 4.78 is 5.46. The first-order valence-electron chi connectivity index (χ1n) is 8.23. The maximum absolute atomic E-state index is 12.7. The highest BCUT2D eigenvalue weighted by atomic mass is 35.5. The molecule has 1 saturated heterocycles. The van der Waals surface area contributed by atoms with Gasteiger partial charge >= 0.3 is 0 Å². The Hall–Kier alpha value is -2.28. The molecule has 3 rings (SSSR count). The Morgan fingerprint density at radius 2 is 1.96 bits per heavy atom. The Morgan fingerprint density at radius 1 is 1.22 bits per heavy atom. The highest BCUT2D eigenvalue weighted by Crippen LogP contribution is 2.40. The number of aliphatic hydroxyl groups is 1. The zero-order chi connectivity index (χ0) is 19.7. The Balaban J connectivity index is 2.12. The fourth-order valence-corrected chi connectivity index (χ4v) is 3.26. The van der Waals surface area contributed by atoms with E-state index in [9.17, 15) is 14.7 Å². The van der Waals surface area contributed by atoms with E-state index in [2.05, 4.69) is 0 Å². The normalized spacial score (nSPS) is 19.3. The topological polar surface area (TPSA) is 74.0 Å². The van der Waals surface area contributed by atoms with Crippen LogP contribution in [0.15, 0.2) is 46.6 Å². The lowest BCUT2D eigenvalue weighted by Crippen LogP contribution is -2.35. The third-order valence-corrected chi connectivity index (χ3v) is 5.07. The number of halogens is 2. The van der Waals surface area contributed by atoms with Gasteiger partial charge in [0.15, 0.2) is 0 Å². The quantitative estimate of drug-likeness (QED) is 0.464. The molecule has 0 aliphatic carbocycles. The maximum Gasteiger partial charge on any atom is 0.295 e. The number of furan rings is 1. The van der Waals surface area contributed by atoms with Crippen LogP contribution in [0.3, 0.4) is 0 Å². The molecule has 0 bridgehead atoms. The molecule has 1 amide bonds. The summed E-state index contributed by atoms with van der Waals surface area (Å²) >= 11 is 11.9. The van der Waals surface area contributed by atoms with Gasteiger partial charge in [0.1, 0.15) is 17.6 Å². The zero-order valence-electron chi connectivity index (χ0n) is 14.8. The van der Waals surface area contributed by atoms with Gasteiger partial charge in [-0.2, -0.15) is 0 Å². The second kappa shape index (κ2) is 7.76. The van der Waals surface area contributed by atoms with Crippen LogP contribution in [-0.4, -0.2) is 53.8 Å². The van der Waals surface area contributed by atoms with Crippen molar-refractivity contribution in [1.82, 2.24) is 9.80 Å². The Labute approximate surface area is 166 Å². The van der Waals surface area contributed by atoms with Crippen molar-refractivity contribution in [3.8, 4) is 0 Å². The number of rotatable bonds is 5. The van der Waals surface area contributed by atoms with Crippen LogP contribution in [0.1, 0.15) is 17.4 Å². The van der Waals surface area contributed by atoms with Crippen LogP contribution in [-0.2, 0) is 9.59 Å². The van der Waals surface area contributed by atoms with Crippen LogP contribution in [0, 0.1) is 0 Å². The van der Waals surface area contributed by atoms with Crippen LogP contribution in [0.25, 0.3) is 5.76 Å². The summed E-state index contributed by atoms with van der Waals surface area (Å²) in [4.78, 5) is 28.6. The lowest BCUT2D eigenvalue weighted by Gasteiger charge is -2.24. The van der Waals surface area contributed by atoms with Crippen molar-refractivity contribution in [2.24, 2.45) is 0 Å². The van der Waals surface area contributed by atoms with E-state index < -0.39 is 17.7 Å². The van der Waals surface area contributed by atoms with E-state index in [-0.39, 0.29) is 16.4 Å². The summed E-state index contributed by atoms with van der Waals surface area (Å²) in [6, 6.07) is 7.03. The van der Waals surface area contributed by atoms with Gasteiger partial charge in [0.25, 0.3) is 11.7 Å². The lowest BCUT2D eigenvalue weighted by molar-refractivity contribution is -0.140. The molecule has 0 spiro atoms. The third-order valence-electron chi connectivity index (χ3n) is 4.33. The second-order valence-electron chi connectivity index (χ2n) is 6.44. The van der Waals surface area contributed by atoms with Crippen molar-refractivity contribution in [3.05, 3.63) is 63.5 Å². The number of likely N-dealkylation sites (N-methyl/N-ethyl adjacent to an activating group) is 1. The lowest BCUT2D eigenvalue weighted by atomic mass is 9.99. The van der Waals surface area contributed by atoms with Crippen molar-refractivity contribution in [2.45, 2.75) is 6.04 Å². The maximum atomic E-state index is 12.7. The summed E-state index contributed by atoms with van der Waals surface area (Å²) in [5.41, 5.74) is 0.263. The number of nitrogens with zero attached hydrogens (tertiary/aromatic N) is 2. The van der Waals surface area contributed by atoms with Crippen molar-refractivity contribution >= 4 is 40.7 Å². The fraction of sp³-hybridized carbons (Fsp3) is 0.263. The minimum atomic E-state index is -0.811. The van der Waals surface area contributed by atoms with E-state index in [0.717, 1.165) is 0 Å². The van der Waals surface area contributed by atoms with Crippen molar-refractivity contribution in [2.75, 3.05) is 27.2 Å². The SMILES string of the molecule is CN(C)CCN1C(=O)C(=O)/C(=C(\O)c2ccc(Cl)c(Cl)c2)C1c1ccco1. The highest BCUT2D eigenvalue weighted by Gasteiger charge is 2.47. The Kier molecular flexibility index (Phi) is 5.60. The van der Waals surface area contributed by atoms with Gasteiger partial charge < -0.3 is 19.3 Å². The summed E-state index contributed by atoms with van der Waals surface area (Å²) in [5.74, 6) is -1.37. The molecule has 1 N–H and O–H groups in total. The third kappa shape index (κ3) is 3.74. The molecule has 0 saturated carbocycles. The number of benzene rings is 1. The number of hydrogen-bond acceptors (Lipinski definition) is 5. The molecule has 2 aromatic rings. The number of ketones is 1. The summed E-state index contributed by atoms with van der Waals surface area (Å²) in [6.45, 7) is 0.859. The second-order valence-corrected chi connectivity index (χ2v) is 7.25. The number of carbonyl (C=O) groups is 2. The first-order chi connectivity index (χ1) is 12.8. The van der Waals surface area contributed by atoms with Gasteiger partial charge in [-0.05, 0) is 44.4 Å². The van der Waals surface area contributed by atoms with Crippen molar-refractivity contribution in [3.63, 3.8) is 0 Å². The average Bonchev–Trinajstić information content (AvgIpc) is 3.23. The molecule has 142 valence electrons.